The highest BCUT2D eigenvalue weighted by atomic mass is 16.6. The Hall–Kier alpha value is -1.26. The number of ether oxygens (including phenoxy) is 1. The Balaban J connectivity index is 2.31. The lowest BCUT2D eigenvalue weighted by Gasteiger charge is -2.36. The molecule has 0 aromatic heterocycles. The third-order valence-corrected chi connectivity index (χ3v) is 3.25. The highest BCUT2D eigenvalue weighted by Gasteiger charge is 2.28. The van der Waals surface area contributed by atoms with Gasteiger partial charge < -0.3 is 15.0 Å². The normalized spacial score (nSPS) is 18.9. The molecule has 0 bridgehead atoms. The van der Waals surface area contributed by atoms with Crippen LogP contribution in [0, 0.1) is 5.41 Å². The van der Waals surface area contributed by atoms with Crippen molar-refractivity contribution in [2.75, 3.05) is 19.6 Å². The smallest absolute Gasteiger partial charge is 0.408 e. The van der Waals surface area contributed by atoms with Gasteiger partial charge in [-0.3, -0.25) is 4.79 Å². The summed E-state index contributed by atoms with van der Waals surface area (Å²) in [5, 5.41) is 2.50. The van der Waals surface area contributed by atoms with Crippen LogP contribution < -0.4 is 5.32 Å². The molecule has 1 aliphatic heterocycles. The minimum absolute atomic E-state index is 0.00927. The molecular formula is C14H26N2O3. The van der Waals surface area contributed by atoms with Crippen molar-refractivity contribution < 1.29 is 14.3 Å². The molecule has 0 saturated carbocycles. The molecule has 1 fully saturated rings. The lowest BCUT2D eigenvalue weighted by molar-refractivity contribution is -0.132. The first kappa shape index (κ1) is 15.8. The molecule has 1 saturated heterocycles. The lowest BCUT2D eigenvalue weighted by Crippen LogP contribution is -2.46. The fraction of sp³-hybridized carbons (Fsp3) is 0.857. The van der Waals surface area contributed by atoms with Gasteiger partial charge in [-0.15, -0.1) is 0 Å². The average Bonchev–Trinajstić information content (AvgIpc) is 2.23. The lowest BCUT2D eigenvalue weighted by atomic mass is 9.83. The number of carbonyl (C=O) groups excluding carboxylic acids is 2. The Morgan fingerprint density at radius 3 is 2.21 bits per heavy atom. The number of piperidine rings is 1. The highest BCUT2D eigenvalue weighted by Crippen LogP contribution is 2.29. The summed E-state index contributed by atoms with van der Waals surface area (Å²) >= 11 is 0. The van der Waals surface area contributed by atoms with Crippen LogP contribution in [0.2, 0.25) is 0 Å². The molecule has 0 atom stereocenters. The van der Waals surface area contributed by atoms with Gasteiger partial charge in [0.1, 0.15) is 12.1 Å². The SMILES string of the molecule is CC1(C)CCN(C(=O)CNC(=O)OC(C)(C)C)CC1. The average molecular weight is 270 g/mol. The van der Waals surface area contributed by atoms with Crippen LogP contribution in [0.25, 0.3) is 0 Å². The molecule has 0 unspecified atom stereocenters. The van der Waals surface area contributed by atoms with Gasteiger partial charge in [0.25, 0.3) is 0 Å². The maximum Gasteiger partial charge on any atom is 0.408 e. The quantitative estimate of drug-likeness (QED) is 0.836. The number of amides is 2. The van der Waals surface area contributed by atoms with Crippen LogP contribution in [0.3, 0.4) is 0 Å². The van der Waals surface area contributed by atoms with Crippen molar-refractivity contribution in [3.8, 4) is 0 Å². The third-order valence-electron chi connectivity index (χ3n) is 3.25. The van der Waals surface area contributed by atoms with Crippen molar-refractivity contribution in [2.45, 2.75) is 53.1 Å². The van der Waals surface area contributed by atoms with Crippen molar-refractivity contribution in [3.63, 3.8) is 0 Å². The van der Waals surface area contributed by atoms with E-state index >= 15 is 0 Å². The van der Waals surface area contributed by atoms with E-state index in [1.54, 1.807) is 20.8 Å². The maximum atomic E-state index is 11.9. The van der Waals surface area contributed by atoms with E-state index in [-0.39, 0.29) is 12.5 Å². The van der Waals surface area contributed by atoms with E-state index in [1.807, 2.05) is 4.90 Å². The summed E-state index contributed by atoms with van der Waals surface area (Å²) in [6, 6.07) is 0. The number of nitrogens with zero attached hydrogens (tertiary/aromatic N) is 1. The van der Waals surface area contributed by atoms with Gasteiger partial charge in [-0.2, -0.15) is 0 Å². The Kier molecular flexibility index (Phi) is 4.82. The summed E-state index contributed by atoms with van der Waals surface area (Å²) in [5.74, 6) is -0.0404. The molecule has 19 heavy (non-hydrogen) atoms. The zero-order valence-corrected chi connectivity index (χ0v) is 12.7. The van der Waals surface area contributed by atoms with Crippen molar-refractivity contribution >= 4 is 12.0 Å². The molecule has 0 radical (unpaired) electrons. The van der Waals surface area contributed by atoms with Crippen LogP contribution in [0.5, 0.6) is 0 Å². The molecule has 1 rings (SSSR count). The fourth-order valence-corrected chi connectivity index (χ4v) is 1.94. The number of carbonyl (C=O) groups is 2. The van der Waals surface area contributed by atoms with Gasteiger partial charge in [-0.25, -0.2) is 4.79 Å². The summed E-state index contributed by atoms with van der Waals surface area (Å²) in [5.41, 5.74) is -0.225. The van der Waals surface area contributed by atoms with Gasteiger partial charge in [0.05, 0.1) is 0 Å². The number of likely N-dealkylation sites (tertiary alicyclic amines) is 1. The van der Waals surface area contributed by atoms with Crippen molar-refractivity contribution in [3.05, 3.63) is 0 Å². The van der Waals surface area contributed by atoms with E-state index in [0.29, 0.717) is 5.41 Å². The standard InChI is InChI=1S/C14H26N2O3/c1-13(2,3)19-12(18)15-10-11(17)16-8-6-14(4,5)7-9-16/h6-10H2,1-5H3,(H,15,18). The van der Waals surface area contributed by atoms with Gasteiger partial charge in [0, 0.05) is 13.1 Å². The van der Waals surface area contributed by atoms with E-state index < -0.39 is 11.7 Å². The van der Waals surface area contributed by atoms with Crippen LogP contribution in [-0.4, -0.2) is 42.1 Å². The van der Waals surface area contributed by atoms with Crippen LogP contribution in [0.4, 0.5) is 4.79 Å². The van der Waals surface area contributed by atoms with Gasteiger partial charge in [0.15, 0.2) is 0 Å². The molecule has 1 heterocycles. The van der Waals surface area contributed by atoms with E-state index in [9.17, 15) is 9.59 Å². The number of hydrogen-bond donors (Lipinski definition) is 1. The second-order valence-electron chi connectivity index (χ2n) is 6.90. The first-order valence-corrected chi connectivity index (χ1v) is 6.84. The van der Waals surface area contributed by atoms with E-state index in [4.69, 9.17) is 4.74 Å². The van der Waals surface area contributed by atoms with Crippen LogP contribution in [-0.2, 0) is 9.53 Å². The second-order valence-corrected chi connectivity index (χ2v) is 6.90. The zero-order chi connectivity index (χ0) is 14.7. The summed E-state index contributed by atoms with van der Waals surface area (Å²) in [6.07, 6.45) is 1.47. The first-order valence-electron chi connectivity index (χ1n) is 6.84. The molecule has 5 heteroatoms. The van der Waals surface area contributed by atoms with E-state index in [2.05, 4.69) is 19.2 Å². The molecular weight excluding hydrogens is 244 g/mol. The van der Waals surface area contributed by atoms with Crippen LogP contribution in [0.15, 0.2) is 0 Å². The van der Waals surface area contributed by atoms with E-state index in [1.165, 1.54) is 0 Å². The minimum Gasteiger partial charge on any atom is -0.444 e. The molecule has 0 aromatic carbocycles. The monoisotopic (exact) mass is 270 g/mol. The van der Waals surface area contributed by atoms with Gasteiger partial charge in [0.2, 0.25) is 5.91 Å². The van der Waals surface area contributed by atoms with Gasteiger partial charge in [-0.1, -0.05) is 13.8 Å². The molecule has 1 N–H and O–H groups in total. The predicted octanol–water partition coefficient (Wildman–Crippen LogP) is 2.16. The predicted molar refractivity (Wildman–Crippen MR) is 73.8 cm³/mol. The summed E-state index contributed by atoms with van der Waals surface area (Å²) < 4.78 is 5.09. The van der Waals surface area contributed by atoms with Crippen molar-refractivity contribution in [1.29, 1.82) is 0 Å². The number of hydrogen-bond acceptors (Lipinski definition) is 3. The molecule has 0 spiro atoms. The molecule has 2 amide bonds. The zero-order valence-electron chi connectivity index (χ0n) is 12.7. The summed E-state index contributed by atoms with van der Waals surface area (Å²) in [4.78, 5) is 25.2. The van der Waals surface area contributed by atoms with E-state index in [0.717, 1.165) is 25.9 Å². The molecule has 5 nitrogen and oxygen atoms in total. The topological polar surface area (TPSA) is 58.6 Å². The third kappa shape index (κ3) is 5.94. The van der Waals surface area contributed by atoms with Gasteiger partial charge >= 0.3 is 6.09 Å². The molecule has 110 valence electrons. The number of nitrogens with one attached hydrogen (secondary N) is 1. The number of rotatable bonds is 2. The largest absolute Gasteiger partial charge is 0.444 e. The van der Waals surface area contributed by atoms with Crippen LogP contribution >= 0.6 is 0 Å². The van der Waals surface area contributed by atoms with Crippen molar-refractivity contribution in [1.82, 2.24) is 10.2 Å². The summed E-state index contributed by atoms with van der Waals surface area (Å²) in [7, 11) is 0. The Labute approximate surface area is 115 Å². The first-order chi connectivity index (χ1) is 8.59. The van der Waals surface area contributed by atoms with Crippen LogP contribution in [0.1, 0.15) is 47.5 Å². The molecule has 1 aliphatic rings. The second kappa shape index (κ2) is 5.80. The van der Waals surface area contributed by atoms with Crippen molar-refractivity contribution in [2.24, 2.45) is 5.41 Å². The Morgan fingerprint density at radius 1 is 1.21 bits per heavy atom. The van der Waals surface area contributed by atoms with Gasteiger partial charge in [-0.05, 0) is 39.0 Å². The molecule has 0 aromatic rings. The minimum atomic E-state index is -0.543. The highest BCUT2D eigenvalue weighted by molar-refractivity contribution is 5.82. The Bertz CT molecular complexity index is 335. The summed E-state index contributed by atoms with van der Waals surface area (Å²) in [6.45, 7) is 11.4. The number of alkyl carbamates (subject to hydrolysis) is 1. The fourth-order valence-electron chi connectivity index (χ4n) is 1.94. The molecule has 0 aliphatic carbocycles. The maximum absolute atomic E-state index is 11.9. The Morgan fingerprint density at radius 2 is 1.74 bits per heavy atom.